The highest BCUT2D eigenvalue weighted by molar-refractivity contribution is 6.30. The van der Waals surface area contributed by atoms with Crippen molar-refractivity contribution in [3.63, 3.8) is 0 Å². The molecule has 6 nitrogen and oxygen atoms in total. The predicted molar refractivity (Wildman–Crippen MR) is 104 cm³/mol. The molecule has 144 valence electrons. The number of halogens is 1. The van der Waals surface area contributed by atoms with Gasteiger partial charge in [0.05, 0.1) is 18.2 Å². The Morgan fingerprint density at radius 1 is 1.21 bits per heavy atom. The van der Waals surface area contributed by atoms with E-state index in [1.54, 1.807) is 18.2 Å². The van der Waals surface area contributed by atoms with Crippen molar-refractivity contribution in [2.75, 3.05) is 19.8 Å². The molecule has 0 fully saturated rings. The molecule has 0 saturated heterocycles. The molecule has 0 unspecified atom stereocenters. The summed E-state index contributed by atoms with van der Waals surface area (Å²) in [5.74, 6) is -0.519. The van der Waals surface area contributed by atoms with E-state index in [0.717, 1.165) is 22.6 Å². The molecule has 2 aliphatic rings. The Balaban J connectivity index is 1.32. The molecule has 0 bridgehead atoms. The second kappa shape index (κ2) is 8.02. The number of nitrogens with zero attached hydrogens (tertiary/aromatic N) is 2. The van der Waals surface area contributed by atoms with Crippen LogP contribution < -0.4 is 4.74 Å². The summed E-state index contributed by atoms with van der Waals surface area (Å²) in [5, 5.41) is 6.31. The Morgan fingerprint density at radius 2 is 2.04 bits per heavy atom. The van der Waals surface area contributed by atoms with Crippen molar-refractivity contribution >= 4 is 29.2 Å². The smallest absolute Gasteiger partial charge is 0.313 e. The Kier molecular flexibility index (Phi) is 5.30. The number of amides is 1. The highest BCUT2D eigenvalue weighted by Crippen LogP contribution is 2.30. The zero-order valence-corrected chi connectivity index (χ0v) is 15.9. The number of hydrogen-bond acceptors (Lipinski definition) is 5. The van der Waals surface area contributed by atoms with Crippen LogP contribution in [0.4, 0.5) is 0 Å². The first-order chi connectivity index (χ1) is 13.6. The molecule has 0 radical (unpaired) electrons. The van der Waals surface area contributed by atoms with Crippen LogP contribution in [0.1, 0.15) is 17.5 Å². The molecule has 0 aromatic heterocycles. The standard InChI is InChI=1S/C21H19ClN2O4/c22-17-6-7-19-15(11-17)10-16(12-27-19)21(26)28-13-20(25)24-9-8-18(23-24)14-4-2-1-3-5-14/h1-7,11,16H,8-10,12-13H2/t16-/m1/s1. The Morgan fingerprint density at radius 3 is 2.86 bits per heavy atom. The molecule has 1 atom stereocenters. The average Bonchev–Trinajstić information content (AvgIpc) is 3.22. The molecule has 2 aromatic carbocycles. The van der Waals surface area contributed by atoms with Gasteiger partial charge in [0.2, 0.25) is 0 Å². The van der Waals surface area contributed by atoms with E-state index in [4.69, 9.17) is 21.1 Å². The van der Waals surface area contributed by atoms with E-state index in [-0.39, 0.29) is 19.1 Å². The molecule has 2 aliphatic heterocycles. The first kappa shape index (κ1) is 18.5. The van der Waals surface area contributed by atoms with Gasteiger partial charge in [0.1, 0.15) is 12.4 Å². The molecule has 7 heteroatoms. The van der Waals surface area contributed by atoms with Gasteiger partial charge in [-0.25, -0.2) is 5.01 Å². The number of fused-ring (bicyclic) bond motifs is 1. The quantitative estimate of drug-likeness (QED) is 0.742. The van der Waals surface area contributed by atoms with Gasteiger partial charge in [0.15, 0.2) is 6.61 Å². The lowest BCUT2D eigenvalue weighted by Crippen LogP contribution is -2.33. The summed E-state index contributed by atoms with van der Waals surface area (Å²) in [5.41, 5.74) is 2.71. The van der Waals surface area contributed by atoms with E-state index >= 15 is 0 Å². The minimum atomic E-state index is -0.458. The highest BCUT2D eigenvalue weighted by atomic mass is 35.5. The first-order valence-corrected chi connectivity index (χ1v) is 9.49. The molecule has 0 saturated carbocycles. The summed E-state index contributed by atoms with van der Waals surface area (Å²) in [6, 6.07) is 15.0. The molecule has 4 rings (SSSR count). The van der Waals surface area contributed by atoms with Crippen LogP contribution in [0.3, 0.4) is 0 Å². The number of ether oxygens (including phenoxy) is 2. The number of esters is 1. The lowest BCUT2D eigenvalue weighted by atomic mass is 9.97. The van der Waals surface area contributed by atoms with Crippen LogP contribution in [0.2, 0.25) is 5.02 Å². The van der Waals surface area contributed by atoms with Gasteiger partial charge in [-0.2, -0.15) is 5.10 Å². The van der Waals surface area contributed by atoms with Gasteiger partial charge in [-0.15, -0.1) is 0 Å². The van der Waals surface area contributed by atoms with Crippen LogP contribution in [0.25, 0.3) is 0 Å². The molecular weight excluding hydrogens is 380 g/mol. The van der Waals surface area contributed by atoms with E-state index < -0.39 is 11.9 Å². The van der Waals surface area contributed by atoms with Gasteiger partial charge in [0, 0.05) is 11.4 Å². The van der Waals surface area contributed by atoms with Gasteiger partial charge in [-0.1, -0.05) is 41.9 Å². The third-order valence-corrected chi connectivity index (χ3v) is 5.03. The zero-order valence-electron chi connectivity index (χ0n) is 15.1. The zero-order chi connectivity index (χ0) is 19.5. The van der Waals surface area contributed by atoms with Crippen LogP contribution >= 0.6 is 11.6 Å². The summed E-state index contributed by atoms with van der Waals surface area (Å²) in [4.78, 5) is 24.7. The maximum Gasteiger partial charge on any atom is 0.313 e. The molecule has 2 heterocycles. The maximum absolute atomic E-state index is 12.4. The minimum Gasteiger partial charge on any atom is -0.492 e. The van der Waals surface area contributed by atoms with Crippen molar-refractivity contribution in [2.45, 2.75) is 12.8 Å². The number of carbonyl (C=O) groups is 2. The van der Waals surface area contributed by atoms with E-state index in [1.165, 1.54) is 5.01 Å². The van der Waals surface area contributed by atoms with Crippen molar-refractivity contribution in [3.8, 4) is 5.75 Å². The lowest BCUT2D eigenvalue weighted by Gasteiger charge is -2.24. The monoisotopic (exact) mass is 398 g/mol. The van der Waals surface area contributed by atoms with Crippen LogP contribution in [-0.2, 0) is 20.7 Å². The third kappa shape index (κ3) is 4.02. The van der Waals surface area contributed by atoms with Crippen LogP contribution in [0.15, 0.2) is 53.6 Å². The van der Waals surface area contributed by atoms with Crippen molar-refractivity contribution in [3.05, 3.63) is 64.7 Å². The third-order valence-electron chi connectivity index (χ3n) is 4.80. The summed E-state index contributed by atoms with van der Waals surface area (Å²) in [6.07, 6.45) is 1.15. The summed E-state index contributed by atoms with van der Waals surface area (Å²) < 4.78 is 10.8. The van der Waals surface area contributed by atoms with Gasteiger partial charge < -0.3 is 9.47 Å². The predicted octanol–water partition coefficient (Wildman–Crippen LogP) is 3.07. The van der Waals surface area contributed by atoms with Crippen molar-refractivity contribution in [1.29, 1.82) is 0 Å². The number of carbonyl (C=O) groups excluding carboxylic acids is 2. The van der Waals surface area contributed by atoms with Crippen molar-refractivity contribution < 1.29 is 19.1 Å². The van der Waals surface area contributed by atoms with Gasteiger partial charge in [-0.3, -0.25) is 9.59 Å². The molecule has 0 N–H and O–H groups in total. The summed E-state index contributed by atoms with van der Waals surface area (Å²) in [7, 11) is 0. The van der Waals surface area contributed by atoms with Gasteiger partial charge in [-0.05, 0) is 35.7 Å². The second-order valence-electron chi connectivity index (χ2n) is 6.75. The van der Waals surface area contributed by atoms with E-state index in [0.29, 0.717) is 24.4 Å². The molecule has 2 aromatic rings. The highest BCUT2D eigenvalue weighted by Gasteiger charge is 2.29. The van der Waals surface area contributed by atoms with Crippen molar-refractivity contribution in [1.82, 2.24) is 5.01 Å². The van der Waals surface area contributed by atoms with Gasteiger partial charge in [0.25, 0.3) is 5.91 Å². The topological polar surface area (TPSA) is 68.2 Å². The maximum atomic E-state index is 12.4. The lowest BCUT2D eigenvalue weighted by molar-refractivity contribution is -0.156. The Labute approximate surface area is 167 Å². The number of hydrogen-bond donors (Lipinski definition) is 0. The second-order valence-corrected chi connectivity index (χ2v) is 7.19. The fourth-order valence-corrected chi connectivity index (χ4v) is 3.51. The largest absolute Gasteiger partial charge is 0.492 e. The molecule has 28 heavy (non-hydrogen) atoms. The Bertz CT molecular complexity index is 929. The fourth-order valence-electron chi connectivity index (χ4n) is 3.31. The van der Waals surface area contributed by atoms with E-state index in [1.807, 2.05) is 30.3 Å². The molecule has 0 spiro atoms. The van der Waals surface area contributed by atoms with Crippen LogP contribution in [0.5, 0.6) is 5.75 Å². The summed E-state index contributed by atoms with van der Waals surface area (Å²) in [6.45, 7) is 0.379. The normalized spacial score (nSPS) is 18.1. The van der Waals surface area contributed by atoms with E-state index in [2.05, 4.69) is 5.10 Å². The van der Waals surface area contributed by atoms with Crippen LogP contribution in [-0.4, -0.2) is 42.4 Å². The molecule has 1 amide bonds. The van der Waals surface area contributed by atoms with Gasteiger partial charge >= 0.3 is 5.97 Å². The minimum absolute atomic E-state index is 0.224. The number of benzene rings is 2. The SMILES string of the molecule is O=C(OCC(=O)N1CCC(c2ccccc2)=N1)[C@H]1COc2ccc(Cl)cc2C1. The summed E-state index contributed by atoms with van der Waals surface area (Å²) >= 11 is 6.00. The first-order valence-electron chi connectivity index (χ1n) is 9.11. The fraction of sp³-hybridized carbons (Fsp3) is 0.286. The number of hydrazone groups is 1. The van der Waals surface area contributed by atoms with Crippen LogP contribution in [0, 0.1) is 5.92 Å². The average molecular weight is 399 g/mol. The Hall–Kier alpha value is -2.86. The molecular formula is C21H19ClN2O4. The van der Waals surface area contributed by atoms with E-state index in [9.17, 15) is 9.59 Å². The van der Waals surface area contributed by atoms with Crippen molar-refractivity contribution in [2.24, 2.45) is 11.0 Å². The molecule has 0 aliphatic carbocycles. The number of rotatable bonds is 4.